The zero-order valence-corrected chi connectivity index (χ0v) is 16.2. The van der Waals surface area contributed by atoms with Crippen LogP contribution in [0.3, 0.4) is 0 Å². The summed E-state index contributed by atoms with van der Waals surface area (Å²) in [5, 5.41) is 4.08. The molecule has 4 nitrogen and oxygen atoms in total. The molecule has 0 bridgehead atoms. The van der Waals surface area contributed by atoms with Gasteiger partial charge in [0, 0.05) is 44.5 Å². The molecule has 1 N–H and O–H groups in total. The van der Waals surface area contributed by atoms with Crippen LogP contribution in [0.1, 0.15) is 31.4 Å². The molecule has 146 valence electrons. The van der Waals surface area contributed by atoms with Gasteiger partial charge in [-0.3, -0.25) is 4.79 Å². The van der Waals surface area contributed by atoms with Gasteiger partial charge in [0.15, 0.2) is 0 Å². The maximum absolute atomic E-state index is 13.0. The molecule has 1 aliphatic rings. The summed E-state index contributed by atoms with van der Waals surface area (Å²) in [4.78, 5) is 13.8. The van der Waals surface area contributed by atoms with Crippen LogP contribution >= 0.6 is 0 Å². The normalized spacial score (nSPS) is 15.8. The highest BCUT2D eigenvalue weighted by atomic mass is 19.1. The van der Waals surface area contributed by atoms with Gasteiger partial charge in [-0.1, -0.05) is 18.2 Å². The van der Waals surface area contributed by atoms with E-state index < -0.39 is 0 Å². The molecule has 28 heavy (non-hydrogen) atoms. The summed E-state index contributed by atoms with van der Waals surface area (Å²) in [6, 6.07) is 15.5. The molecule has 2 aromatic carbocycles. The Labute approximate surface area is 165 Å². The second-order valence-corrected chi connectivity index (χ2v) is 7.63. The molecule has 4 rings (SSSR count). The summed E-state index contributed by atoms with van der Waals surface area (Å²) < 4.78 is 15.4. The Morgan fingerprint density at radius 2 is 1.86 bits per heavy atom. The number of anilines is 1. The zero-order valence-electron chi connectivity index (χ0n) is 16.2. The smallest absolute Gasteiger partial charge is 0.221 e. The predicted octanol–water partition coefficient (Wildman–Crippen LogP) is 4.62. The molecule has 0 radical (unpaired) electrons. The van der Waals surface area contributed by atoms with Crippen LogP contribution in [0.2, 0.25) is 0 Å². The molecule has 0 aliphatic carbocycles. The SMILES string of the molecule is CC(=O)Nc1ccc2ccn(C3CCN(CCc4ccc(F)cc4)CC3)c2c1. The molecule has 1 aromatic heterocycles. The topological polar surface area (TPSA) is 37.3 Å². The van der Waals surface area contributed by atoms with E-state index in [1.807, 2.05) is 18.2 Å². The highest BCUT2D eigenvalue weighted by molar-refractivity contribution is 5.92. The van der Waals surface area contributed by atoms with Gasteiger partial charge in [0.25, 0.3) is 0 Å². The summed E-state index contributed by atoms with van der Waals surface area (Å²) in [6.45, 7) is 4.68. The van der Waals surface area contributed by atoms with Crippen LogP contribution in [0.15, 0.2) is 54.7 Å². The maximum atomic E-state index is 13.0. The fourth-order valence-corrected chi connectivity index (χ4v) is 4.11. The second kappa shape index (κ2) is 8.15. The molecule has 0 unspecified atom stereocenters. The van der Waals surface area contributed by atoms with Gasteiger partial charge >= 0.3 is 0 Å². The fourth-order valence-electron chi connectivity index (χ4n) is 4.11. The van der Waals surface area contributed by atoms with Crippen molar-refractivity contribution in [1.29, 1.82) is 0 Å². The Morgan fingerprint density at radius 1 is 1.11 bits per heavy atom. The number of fused-ring (bicyclic) bond motifs is 1. The number of aromatic nitrogens is 1. The van der Waals surface area contributed by atoms with Crippen molar-refractivity contribution in [2.75, 3.05) is 25.0 Å². The number of amides is 1. The lowest BCUT2D eigenvalue weighted by Gasteiger charge is -2.33. The monoisotopic (exact) mass is 379 g/mol. The van der Waals surface area contributed by atoms with Gasteiger partial charge in [0.05, 0.1) is 5.52 Å². The molecular weight excluding hydrogens is 353 g/mol. The number of benzene rings is 2. The number of hydrogen-bond donors (Lipinski definition) is 1. The number of likely N-dealkylation sites (tertiary alicyclic amines) is 1. The van der Waals surface area contributed by atoms with Crippen LogP contribution in [-0.2, 0) is 11.2 Å². The molecule has 2 heterocycles. The van der Waals surface area contributed by atoms with Crippen molar-refractivity contribution < 1.29 is 9.18 Å². The van der Waals surface area contributed by atoms with Crippen LogP contribution in [-0.4, -0.2) is 35.0 Å². The third-order valence-corrected chi connectivity index (χ3v) is 5.62. The first-order valence-corrected chi connectivity index (χ1v) is 9.93. The van der Waals surface area contributed by atoms with E-state index in [0.29, 0.717) is 6.04 Å². The zero-order chi connectivity index (χ0) is 19.5. The lowest BCUT2D eigenvalue weighted by Crippen LogP contribution is -2.35. The molecule has 0 atom stereocenters. The average Bonchev–Trinajstić information content (AvgIpc) is 3.11. The molecule has 0 spiro atoms. The number of carbonyl (C=O) groups is 1. The van der Waals surface area contributed by atoms with Gasteiger partial charge in [-0.05, 0) is 60.5 Å². The van der Waals surface area contributed by atoms with Crippen LogP contribution in [0.4, 0.5) is 10.1 Å². The van der Waals surface area contributed by atoms with Crippen molar-refractivity contribution in [3.8, 4) is 0 Å². The highest BCUT2D eigenvalue weighted by Gasteiger charge is 2.21. The standard InChI is InChI=1S/C23H26FN3O/c1-17(28)25-21-7-4-19-9-15-27(23(19)16-21)22-10-13-26(14-11-22)12-8-18-2-5-20(24)6-3-18/h2-7,9,15-16,22H,8,10-14H2,1H3,(H,25,28). The minimum Gasteiger partial charge on any atom is -0.344 e. The van der Waals surface area contributed by atoms with E-state index in [2.05, 4.69) is 39.2 Å². The van der Waals surface area contributed by atoms with E-state index in [0.717, 1.165) is 44.6 Å². The first-order valence-electron chi connectivity index (χ1n) is 9.93. The number of rotatable bonds is 5. The lowest BCUT2D eigenvalue weighted by molar-refractivity contribution is -0.114. The summed E-state index contributed by atoms with van der Waals surface area (Å²) >= 11 is 0. The molecular formula is C23H26FN3O. The molecule has 1 aliphatic heterocycles. The number of nitrogens with zero attached hydrogens (tertiary/aromatic N) is 2. The Balaban J connectivity index is 1.38. The number of piperidine rings is 1. The van der Waals surface area contributed by atoms with Crippen molar-refractivity contribution >= 4 is 22.5 Å². The van der Waals surface area contributed by atoms with Crippen LogP contribution in [0.5, 0.6) is 0 Å². The third-order valence-electron chi connectivity index (χ3n) is 5.62. The van der Waals surface area contributed by atoms with Crippen molar-refractivity contribution in [1.82, 2.24) is 9.47 Å². The largest absolute Gasteiger partial charge is 0.344 e. The van der Waals surface area contributed by atoms with E-state index in [-0.39, 0.29) is 11.7 Å². The molecule has 3 aromatic rings. The number of hydrogen-bond acceptors (Lipinski definition) is 2. The Morgan fingerprint density at radius 3 is 2.57 bits per heavy atom. The number of nitrogens with one attached hydrogen (secondary N) is 1. The van der Waals surface area contributed by atoms with E-state index in [1.54, 1.807) is 0 Å². The van der Waals surface area contributed by atoms with E-state index in [4.69, 9.17) is 0 Å². The van der Waals surface area contributed by atoms with Crippen LogP contribution < -0.4 is 5.32 Å². The van der Waals surface area contributed by atoms with Gasteiger partial charge < -0.3 is 14.8 Å². The number of halogens is 1. The lowest BCUT2D eigenvalue weighted by atomic mass is 10.0. The van der Waals surface area contributed by atoms with Gasteiger partial charge in [0.1, 0.15) is 5.82 Å². The number of carbonyl (C=O) groups excluding carboxylic acids is 1. The maximum Gasteiger partial charge on any atom is 0.221 e. The summed E-state index contributed by atoms with van der Waals surface area (Å²) in [5.41, 5.74) is 3.21. The Hall–Kier alpha value is -2.66. The van der Waals surface area contributed by atoms with Crippen molar-refractivity contribution in [3.05, 3.63) is 66.1 Å². The van der Waals surface area contributed by atoms with E-state index in [9.17, 15) is 9.18 Å². The molecule has 1 amide bonds. The van der Waals surface area contributed by atoms with Crippen molar-refractivity contribution in [2.24, 2.45) is 0 Å². The minimum atomic E-state index is -0.176. The van der Waals surface area contributed by atoms with Crippen LogP contribution in [0.25, 0.3) is 10.9 Å². The van der Waals surface area contributed by atoms with E-state index >= 15 is 0 Å². The predicted molar refractivity (Wildman–Crippen MR) is 111 cm³/mol. The second-order valence-electron chi connectivity index (χ2n) is 7.63. The van der Waals surface area contributed by atoms with Crippen molar-refractivity contribution in [2.45, 2.75) is 32.2 Å². The van der Waals surface area contributed by atoms with Gasteiger partial charge in [0.2, 0.25) is 5.91 Å². The summed E-state index contributed by atoms with van der Waals surface area (Å²) in [5.74, 6) is -0.225. The molecule has 0 saturated carbocycles. The minimum absolute atomic E-state index is 0.0491. The van der Waals surface area contributed by atoms with E-state index in [1.165, 1.54) is 35.5 Å². The summed E-state index contributed by atoms with van der Waals surface area (Å²) in [7, 11) is 0. The molecule has 1 saturated heterocycles. The first-order chi connectivity index (χ1) is 13.6. The average molecular weight is 379 g/mol. The fraction of sp³-hybridized carbons (Fsp3) is 0.348. The Bertz CT molecular complexity index is 956. The van der Waals surface area contributed by atoms with Gasteiger partial charge in [-0.25, -0.2) is 4.39 Å². The quantitative estimate of drug-likeness (QED) is 0.702. The summed E-state index contributed by atoms with van der Waals surface area (Å²) in [6.07, 6.45) is 5.34. The molecule has 5 heteroatoms. The van der Waals surface area contributed by atoms with Gasteiger partial charge in [-0.15, -0.1) is 0 Å². The van der Waals surface area contributed by atoms with Crippen LogP contribution in [0, 0.1) is 5.82 Å². The Kier molecular flexibility index (Phi) is 5.44. The first kappa shape index (κ1) is 18.7. The molecule has 1 fully saturated rings. The van der Waals surface area contributed by atoms with Crippen molar-refractivity contribution in [3.63, 3.8) is 0 Å². The third kappa shape index (κ3) is 4.25. The highest BCUT2D eigenvalue weighted by Crippen LogP contribution is 2.29. The van der Waals surface area contributed by atoms with Gasteiger partial charge in [-0.2, -0.15) is 0 Å².